The molecule has 6 atom stereocenters. The fourth-order valence-electron chi connectivity index (χ4n) is 6.34. The van der Waals surface area contributed by atoms with Crippen molar-refractivity contribution in [3.8, 4) is 5.75 Å². The molecule has 4 heterocycles. The van der Waals surface area contributed by atoms with E-state index >= 15 is 0 Å². The summed E-state index contributed by atoms with van der Waals surface area (Å²) in [6.45, 7) is 12.5. The molecular weight excluding hydrogens is 472 g/mol. The summed E-state index contributed by atoms with van der Waals surface area (Å²) in [6.07, 6.45) is 6.72. The van der Waals surface area contributed by atoms with Gasteiger partial charge in [0.05, 0.1) is 24.6 Å². The third kappa shape index (κ3) is 5.35. The molecule has 3 aliphatic heterocycles. The van der Waals surface area contributed by atoms with Crippen LogP contribution in [0.15, 0.2) is 67.4 Å². The van der Waals surface area contributed by atoms with Gasteiger partial charge in [-0.15, -0.1) is 6.58 Å². The van der Waals surface area contributed by atoms with Gasteiger partial charge in [-0.25, -0.2) is 0 Å². The number of methoxy groups -OCH3 is 1. The smallest absolute Gasteiger partial charge is 0.313 e. The fourth-order valence-corrected chi connectivity index (χ4v) is 6.34. The third-order valence-corrected chi connectivity index (χ3v) is 8.51. The number of piperidine rings is 3. The zero-order valence-corrected chi connectivity index (χ0v) is 23.1. The lowest BCUT2D eigenvalue weighted by Gasteiger charge is -2.51. The highest BCUT2D eigenvalue weighted by Crippen LogP contribution is 2.44. The molecule has 0 saturated carbocycles. The number of carbonyl (C=O) groups excluding carboxylic acids is 1. The first-order valence-electron chi connectivity index (χ1n) is 14.0. The van der Waals surface area contributed by atoms with Gasteiger partial charge in [0.15, 0.2) is 0 Å². The molecule has 2 bridgehead atoms. The average molecular weight is 513 g/mol. The van der Waals surface area contributed by atoms with E-state index in [0.29, 0.717) is 17.8 Å². The summed E-state index contributed by atoms with van der Waals surface area (Å²) >= 11 is 0. The summed E-state index contributed by atoms with van der Waals surface area (Å²) in [6, 6.07) is 16.5. The Morgan fingerprint density at radius 1 is 1.16 bits per heavy atom. The maximum Gasteiger partial charge on any atom is 0.313 e. The van der Waals surface area contributed by atoms with Gasteiger partial charge in [-0.3, -0.25) is 14.7 Å². The Morgan fingerprint density at radius 2 is 1.95 bits per heavy atom. The standard InChI is InChI=1S/C33H40N2O3/c1-6-24-20-35-16-14-26(24)18-31(35)32(28-13-15-34-30-12-11-27(37-5)19-29(28)30)38-33(36)22(4)25-9-7-23(8-10-25)17-21(2)3/h6-13,15,19,21-22,24,26,31-32H,1,14,16-18,20H2,2-5H3/t22-,24-,26+,31-,32-/m1/s1. The van der Waals surface area contributed by atoms with Crippen molar-refractivity contribution < 1.29 is 14.3 Å². The summed E-state index contributed by atoms with van der Waals surface area (Å²) in [5, 5.41) is 0.971. The van der Waals surface area contributed by atoms with Crippen LogP contribution in [-0.4, -0.2) is 42.1 Å². The number of esters is 1. The maximum atomic E-state index is 13.7. The number of hydrogen-bond acceptors (Lipinski definition) is 5. The second kappa shape index (κ2) is 11.3. The van der Waals surface area contributed by atoms with Crippen LogP contribution in [-0.2, 0) is 16.0 Å². The van der Waals surface area contributed by atoms with Gasteiger partial charge in [-0.1, -0.05) is 44.2 Å². The summed E-state index contributed by atoms with van der Waals surface area (Å²) in [4.78, 5) is 20.8. The molecule has 0 N–H and O–H groups in total. The van der Waals surface area contributed by atoms with Crippen LogP contribution in [0, 0.1) is 17.8 Å². The van der Waals surface area contributed by atoms with Crippen LogP contribution in [0.25, 0.3) is 10.9 Å². The molecule has 3 fully saturated rings. The SMILES string of the molecule is C=C[C@@H]1CN2CC[C@H]1C[C@@H]2[C@H](OC(=O)[C@H](C)c1ccc(CC(C)C)cc1)c1ccnc2ccc(OC)cc12. The number of nitrogens with zero attached hydrogens (tertiary/aromatic N) is 2. The Labute approximate surface area is 226 Å². The van der Waals surface area contributed by atoms with Gasteiger partial charge >= 0.3 is 5.97 Å². The lowest BCUT2D eigenvalue weighted by Crippen LogP contribution is -2.55. The minimum Gasteiger partial charge on any atom is -0.497 e. The molecule has 1 unspecified atom stereocenters. The molecule has 3 aliphatic rings. The Bertz CT molecular complexity index is 1290. The second-order valence-electron chi connectivity index (χ2n) is 11.4. The van der Waals surface area contributed by atoms with Crippen LogP contribution in [0.5, 0.6) is 5.75 Å². The minimum atomic E-state index is -0.392. The van der Waals surface area contributed by atoms with Crippen molar-refractivity contribution in [2.24, 2.45) is 17.8 Å². The summed E-state index contributed by atoms with van der Waals surface area (Å²) < 4.78 is 12.0. The van der Waals surface area contributed by atoms with Crippen molar-refractivity contribution in [3.05, 3.63) is 84.1 Å². The van der Waals surface area contributed by atoms with Crippen LogP contribution in [0.4, 0.5) is 0 Å². The highest BCUT2D eigenvalue weighted by Gasteiger charge is 2.44. The largest absolute Gasteiger partial charge is 0.497 e. The molecular formula is C33H40N2O3. The Morgan fingerprint density at radius 3 is 2.61 bits per heavy atom. The lowest BCUT2D eigenvalue weighted by molar-refractivity contribution is -0.158. The molecule has 3 aromatic rings. The van der Waals surface area contributed by atoms with Gasteiger partial charge < -0.3 is 9.47 Å². The van der Waals surface area contributed by atoms with Crippen molar-refractivity contribution in [1.29, 1.82) is 0 Å². The van der Waals surface area contributed by atoms with E-state index in [2.05, 4.69) is 60.7 Å². The van der Waals surface area contributed by atoms with Crippen LogP contribution in [0.3, 0.4) is 0 Å². The first-order chi connectivity index (χ1) is 18.4. The molecule has 2 aromatic carbocycles. The third-order valence-electron chi connectivity index (χ3n) is 8.51. The molecule has 0 radical (unpaired) electrons. The number of aromatic nitrogens is 1. The topological polar surface area (TPSA) is 51.7 Å². The first kappa shape index (κ1) is 26.4. The van der Waals surface area contributed by atoms with E-state index < -0.39 is 6.10 Å². The van der Waals surface area contributed by atoms with E-state index in [-0.39, 0.29) is 17.9 Å². The van der Waals surface area contributed by atoms with Crippen LogP contribution in [0.1, 0.15) is 62.3 Å². The van der Waals surface area contributed by atoms with Gasteiger partial charge in [0, 0.05) is 23.7 Å². The first-order valence-corrected chi connectivity index (χ1v) is 14.0. The summed E-state index contributed by atoms with van der Waals surface area (Å²) in [5.74, 6) is 1.88. The normalized spacial score (nSPS) is 24.2. The molecule has 1 aromatic heterocycles. The molecule has 6 rings (SSSR count). The quantitative estimate of drug-likeness (QED) is 0.235. The highest BCUT2D eigenvalue weighted by atomic mass is 16.5. The molecule has 38 heavy (non-hydrogen) atoms. The van der Waals surface area contributed by atoms with Crippen LogP contribution in [0.2, 0.25) is 0 Å². The van der Waals surface area contributed by atoms with Crippen molar-refractivity contribution in [2.45, 2.75) is 58.1 Å². The van der Waals surface area contributed by atoms with Crippen LogP contribution < -0.4 is 4.74 Å². The Balaban J connectivity index is 1.47. The maximum absolute atomic E-state index is 13.7. The number of hydrogen-bond donors (Lipinski definition) is 0. The zero-order chi connectivity index (χ0) is 26.8. The van der Waals surface area contributed by atoms with Gasteiger partial charge in [-0.05, 0) is 85.9 Å². The molecule has 5 nitrogen and oxygen atoms in total. The minimum absolute atomic E-state index is 0.117. The van der Waals surface area contributed by atoms with E-state index in [1.165, 1.54) is 5.56 Å². The lowest BCUT2D eigenvalue weighted by atomic mass is 9.73. The highest BCUT2D eigenvalue weighted by molar-refractivity contribution is 5.85. The van der Waals surface area contributed by atoms with E-state index in [0.717, 1.165) is 60.1 Å². The molecule has 0 spiro atoms. The molecule has 0 amide bonds. The number of rotatable bonds is 9. The van der Waals surface area contributed by atoms with E-state index in [1.54, 1.807) is 7.11 Å². The molecule has 5 heteroatoms. The summed E-state index contributed by atoms with van der Waals surface area (Å²) in [5.41, 5.74) is 4.15. The van der Waals surface area contributed by atoms with Gasteiger partial charge in [0.2, 0.25) is 0 Å². The van der Waals surface area contributed by atoms with Crippen molar-refractivity contribution in [3.63, 3.8) is 0 Å². The number of pyridine rings is 1. The monoisotopic (exact) mass is 512 g/mol. The van der Waals surface area contributed by atoms with E-state index in [4.69, 9.17) is 9.47 Å². The van der Waals surface area contributed by atoms with E-state index in [1.807, 2.05) is 37.4 Å². The Hall–Kier alpha value is -3.18. The number of carbonyl (C=O) groups is 1. The van der Waals surface area contributed by atoms with Gasteiger partial charge in [0.25, 0.3) is 0 Å². The second-order valence-corrected chi connectivity index (χ2v) is 11.4. The van der Waals surface area contributed by atoms with Crippen LogP contribution >= 0.6 is 0 Å². The summed E-state index contributed by atoms with van der Waals surface area (Å²) in [7, 11) is 1.67. The van der Waals surface area contributed by atoms with Crippen molar-refractivity contribution in [2.75, 3.05) is 20.2 Å². The van der Waals surface area contributed by atoms with Crippen molar-refractivity contribution in [1.82, 2.24) is 9.88 Å². The predicted molar refractivity (Wildman–Crippen MR) is 152 cm³/mol. The van der Waals surface area contributed by atoms with Gasteiger partial charge in [0.1, 0.15) is 11.9 Å². The predicted octanol–water partition coefficient (Wildman–Crippen LogP) is 6.73. The average Bonchev–Trinajstić information content (AvgIpc) is 2.95. The molecule has 3 saturated heterocycles. The number of ether oxygens (including phenoxy) is 2. The molecule has 0 aliphatic carbocycles. The van der Waals surface area contributed by atoms with Gasteiger partial charge in [-0.2, -0.15) is 0 Å². The fraction of sp³-hybridized carbons (Fsp3) is 0.455. The Kier molecular flexibility index (Phi) is 7.85. The number of benzene rings is 2. The zero-order valence-electron chi connectivity index (χ0n) is 23.1. The van der Waals surface area contributed by atoms with E-state index in [9.17, 15) is 4.79 Å². The van der Waals surface area contributed by atoms with Crippen molar-refractivity contribution >= 4 is 16.9 Å². The number of fused-ring (bicyclic) bond motifs is 4. The molecule has 200 valence electrons.